The van der Waals surface area contributed by atoms with Crippen molar-refractivity contribution in [2.75, 3.05) is 60.0 Å². The Hall–Kier alpha value is -0.510. The minimum atomic E-state index is -0.384. The molecule has 0 heterocycles. The molecule has 136 valence electrons. The predicted octanol–water partition coefficient (Wildman–Crippen LogP) is 3.06. The van der Waals surface area contributed by atoms with E-state index >= 15 is 0 Å². The molecule has 0 fully saturated rings. The Kier molecular flexibility index (Phi) is 12.3. The van der Waals surface area contributed by atoms with E-state index in [1.165, 1.54) is 0 Å². The third-order valence-corrected chi connectivity index (χ3v) is 3.65. The zero-order valence-corrected chi connectivity index (χ0v) is 16.8. The molecule has 0 aliphatic rings. The maximum Gasteiger partial charge on any atom is 0.338 e. The van der Waals surface area contributed by atoms with E-state index < -0.39 is 0 Å². The third kappa shape index (κ3) is 10.4. The fourth-order valence-corrected chi connectivity index (χ4v) is 2.93. The molecule has 0 bridgehead atoms. The maximum atomic E-state index is 11.9. The van der Waals surface area contributed by atoms with Crippen LogP contribution in [0.2, 0.25) is 0 Å². The zero-order valence-electron chi connectivity index (χ0n) is 13.6. The van der Waals surface area contributed by atoms with Crippen LogP contribution in [0.15, 0.2) is 27.1 Å². The molecule has 0 unspecified atom stereocenters. The van der Waals surface area contributed by atoms with Crippen molar-refractivity contribution < 1.29 is 28.5 Å². The van der Waals surface area contributed by atoms with Crippen LogP contribution in [0.4, 0.5) is 0 Å². The highest BCUT2D eigenvalue weighted by atomic mass is 79.9. The smallest absolute Gasteiger partial charge is 0.338 e. The fourth-order valence-electron chi connectivity index (χ4n) is 1.63. The molecule has 1 aromatic carbocycles. The molecule has 8 heteroatoms. The van der Waals surface area contributed by atoms with E-state index in [2.05, 4.69) is 31.9 Å². The van der Waals surface area contributed by atoms with Gasteiger partial charge in [0.05, 0.1) is 51.8 Å². The molecular formula is C16H22Br2O6. The monoisotopic (exact) mass is 468 g/mol. The lowest BCUT2D eigenvalue weighted by Gasteiger charge is -2.08. The van der Waals surface area contributed by atoms with Crippen LogP contribution in [0.3, 0.4) is 0 Å². The number of carbonyl (C=O) groups is 1. The Labute approximate surface area is 159 Å². The maximum absolute atomic E-state index is 11.9. The number of hydrogen-bond donors (Lipinski definition) is 0. The van der Waals surface area contributed by atoms with Crippen molar-refractivity contribution in [3.63, 3.8) is 0 Å². The van der Waals surface area contributed by atoms with E-state index in [0.717, 1.165) is 8.95 Å². The van der Waals surface area contributed by atoms with Crippen molar-refractivity contribution in [3.05, 3.63) is 32.7 Å². The number of esters is 1. The summed E-state index contributed by atoms with van der Waals surface area (Å²) in [6.07, 6.45) is 0. The van der Waals surface area contributed by atoms with Gasteiger partial charge in [0, 0.05) is 16.1 Å². The highest BCUT2D eigenvalue weighted by molar-refractivity contribution is 9.11. The first-order chi connectivity index (χ1) is 11.6. The normalized spacial score (nSPS) is 10.8. The minimum absolute atomic E-state index is 0.198. The molecule has 6 nitrogen and oxygen atoms in total. The van der Waals surface area contributed by atoms with E-state index in [4.69, 9.17) is 23.7 Å². The number of carbonyl (C=O) groups excluding carboxylic acids is 1. The van der Waals surface area contributed by atoms with Crippen LogP contribution < -0.4 is 0 Å². The molecule has 0 N–H and O–H groups in total. The molecule has 0 aliphatic heterocycles. The SMILES string of the molecule is COCCOCCOCCOCCOC(=O)c1cc(Br)cc(Br)c1. The molecule has 24 heavy (non-hydrogen) atoms. The average Bonchev–Trinajstić information content (AvgIpc) is 2.54. The van der Waals surface area contributed by atoms with Crippen LogP contribution in [-0.2, 0) is 23.7 Å². The highest BCUT2D eigenvalue weighted by Gasteiger charge is 2.08. The predicted molar refractivity (Wildman–Crippen MR) is 96.5 cm³/mol. The van der Waals surface area contributed by atoms with Crippen LogP contribution in [0.1, 0.15) is 10.4 Å². The number of halogens is 2. The van der Waals surface area contributed by atoms with E-state index in [9.17, 15) is 4.79 Å². The molecule has 0 aliphatic carbocycles. The molecule has 0 spiro atoms. The number of rotatable bonds is 13. The standard InChI is InChI=1S/C16H22Br2O6/c1-20-2-3-21-4-5-22-6-7-23-8-9-24-16(19)13-10-14(17)12-15(18)11-13/h10-12H,2-9H2,1H3. The first-order valence-electron chi connectivity index (χ1n) is 7.49. The van der Waals surface area contributed by atoms with Gasteiger partial charge in [-0.15, -0.1) is 0 Å². The summed E-state index contributed by atoms with van der Waals surface area (Å²) in [5, 5.41) is 0. The summed E-state index contributed by atoms with van der Waals surface area (Å²) in [7, 11) is 1.63. The second-order valence-electron chi connectivity index (χ2n) is 4.62. The Morgan fingerprint density at radius 2 is 1.25 bits per heavy atom. The lowest BCUT2D eigenvalue weighted by Crippen LogP contribution is -2.14. The Morgan fingerprint density at radius 1 is 0.792 bits per heavy atom. The van der Waals surface area contributed by atoms with Crippen molar-refractivity contribution in [1.29, 1.82) is 0 Å². The summed E-state index contributed by atoms with van der Waals surface area (Å²) in [5.74, 6) is -0.384. The largest absolute Gasteiger partial charge is 0.460 e. The molecule has 0 saturated heterocycles. The van der Waals surface area contributed by atoms with Gasteiger partial charge in [0.2, 0.25) is 0 Å². The molecule has 0 atom stereocenters. The quantitative estimate of drug-likeness (QED) is 0.327. The van der Waals surface area contributed by atoms with Gasteiger partial charge in [-0.25, -0.2) is 4.79 Å². The van der Waals surface area contributed by atoms with Gasteiger partial charge in [-0.2, -0.15) is 0 Å². The van der Waals surface area contributed by atoms with E-state index in [1.54, 1.807) is 19.2 Å². The van der Waals surface area contributed by atoms with Crippen LogP contribution in [0.25, 0.3) is 0 Å². The highest BCUT2D eigenvalue weighted by Crippen LogP contribution is 2.20. The van der Waals surface area contributed by atoms with E-state index in [0.29, 0.717) is 51.8 Å². The van der Waals surface area contributed by atoms with Crippen molar-refractivity contribution in [3.8, 4) is 0 Å². The van der Waals surface area contributed by atoms with Gasteiger partial charge in [0.1, 0.15) is 6.61 Å². The Morgan fingerprint density at radius 3 is 1.75 bits per heavy atom. The summed E-state index contributed by atoms with van der Waals surface area (Å²) in [5.41, 5.74) is 0.480. The molecule has 1 aromatic rings. The lowest BCUT2D eigenvalue weighted by molar-refractivity contribution is -0.00551. The van der Waals surface area contributed by atoms with Crippen molar-refractivity contribution in [1.82, 2.24) is 0 Å². The number of hydrogen-bond acceptors (Lipinski definition) is 6. The second-order valence-corrected chi connectivity index (χ2v) is 6.46. The van der Waals surface area contributed by atoms with Crippen LogP contribution in [0, 0.1) is 0 Å². The van der Waals surface area contributed by atoms with Crippen LogP contribution in [0.5, 0.6) is 0 Å². The zero-order chi connectivity index (χ0) is 17.6. The number of benzene rings is 1. The van der Waals surface area contributed by atoms with Crippen LogP contribution in [-0.4, -0.2) is 65.9 Å². The number of ether oxygens (including phenoxy) is 5. The fraction of sp³-hybridized carbons (Fsp3) is 0.562. The molecule has 0 aromatic heterocycles. The molecule has 0 radical (unpaired) electrons. The van der Waals surface area contributed by atoms with Gasteiger partial charge in [0.25, 0.3) is 0 Å². The molecule has 0 saturated carbocycles. The van der Waals surface area contributed by atoms with E-state index in [1.807, 2.05) is 6.07 Å². The first kappa shape index (κ1) is 21.5. The third-order valence-electron chi connectivity index (χ3n) is 2.73. The van der Waals surface area contributed by atoms with Gasteiger partial charge in [-0.1, -0.05) is 31.9 Å². The van der Waals surface area contributed by atoms with Gasteiger partial charge in [-0.05, 0) is 18.2 Å². The topological polar surface area (TPSA) is 63.2 Å². The van der Waals surface area contributed by atoms with Gasteiger partial charge in [-0.3, -0.25) is 0 Å². The summed E-state index contributed by atoms with van der Waals surface area (Å²) in [6, 6.07) is 5.26. The van der Waals surface area contributed by atoms with E-state index in [-0.39, 0.29) is 12.6 Å². The number of methoxy groups -OCH3 is 1. The molecular weight excluding hydrogens is 448 g/mol. The summed E-state index contributed by atoms with van der Waals surface area (Å²) >= 11 is 6.66. The molecule has 1 rings (SSSR count). The second kappa shape index (κ2) is 13.7. The summed E-state index contributed by atoms with van der Waals surface area (Å²) in [4.78, 5) is 11.9. The van der Waals surface area contributed by atoms with Crippen molar-refractivity contribution >= 4 is 37.8 Å². The Balaban J connectivity index is 1.97. The Bertz CT molecular complexity index is 463. The van der Waals surface area contributed by atoms with Gasteiger partial charge < -0.3 is 23.7 Å². The first-order valence-corrected chi connectivity index (χ1v) is 9.07. The van der Waals surface area contributed by atoms with Crippen LogP contribution >= 0.6 is 31.9 Å². The van der Waals surface area contributed by atoms with Crippen molar-refractivity contribution in [2.45, 2.75) is 0 Å². The molecule has 0 amide bonds. The minimum Gasteiger partial charge on any atom is -0.460 e. The van der Waals surface area contributed by atoms with Gasteiger partial charge in [0.15, 0.2) is 0 Å². The summed E-state index contributed by atoms with van der Waals surface area (Å²) in [6.45, 7) is 3.63. The summed E-state index contributed by atoms with van der Waals surface area (Å²) < 4.78 is 27.5. The van der Waals surface area contributed by atoms with Gasteiger partial charge >= 0.3 is 5.97 Å². The average molecular weight is 470 g/mol. The van der Waals surface area contributed by atoms with Crippen molar-refractivity contribution in [2.24, 2.45) is 0 Å². The lowest BCUT2D eigenvalue weighted by atomic mass is 10.2.